The quantitative estimate of drug-likeness (QED) is 0.722. The molecule has 13 heavy (non-hydrogen) atoms. The van der Waals surface area contributed by atoms with E-state index in [1.165, 1.54) is 0 Å². The lowest BCUT2D eigenvalue weighted by molar-refractivity contribution is 0.165. The van der Waals surface area contributed by atoms with E-state index < -0.39 is 0 Å². The van der Waals surface area contributed by atoms with E-state index in [2.05, 4.69) is 4.98 Å². The van der Waals surface area contributed by atoms with Crippen LogP contribution in [0.1, 0.15) is 0 Å². The molecule has 2 heterocycles. The van der Waals surface area contributed by atoms with Gasteiger partial charge in [-0.1, -0.05) is 0 Å². The third-order valence-electron chi connectivity index (χ3n) is 1.47. The number of hydrogen-bond acceptors (Lipinski definition) is 4. The maximum atomic E-state index is 5.60. The number of anilines is 1. The third-order valence-corrected chi connectivity index (χ3v) is 1.47. The van der Waals surface area contributed by atoms with Gasteiger partial charge in [0.15, 0.2) is 0 Å². The summed E-state index contributed by atoms with van der Waals surface area (Å²) >= 11 is 0. The molecule has 0 unspecified atom stereocenters. The van der Waals surface area contributed by atoms with Crippen LogP contribution in [0, 0.1) is 0 Å². The molecule has 1 aromatic rings. The van der Waals surface area contributed by atoms with Gasteiger partial charge in [0, 0.05) is 6.20 Å². The van der Waals surface area contributed by atoms with Crippen molar-refractivity contribution in [2.75, 3.05) is 18.9 Å². The van der Waals surface area contributed by atoms with Crippen molar-refractivity contribution in [3.63, 3.8) is 0 Å². The molecule has 0 saturated heterocycles. The lowest BCUT2D eigenvalue weighted by atomic mass is 10.3. The summed E-state index contributed by atoms with van der Waals surface area (Å²) in [4.78, 5) is 3.95. The van der Waals surface area contributed by atoms with Crippen molar-refractivity contribution >= 4 is 30.5 Å². The minimum Gasteiger partial charge on any atom is -0.483 e. The smallest absolute Gasteiger partial charge is 0.259 e. The molecule has 2 N–H and O–H groups in total. The molecule has 0 bridgehead atoms. The Labute approximate surface area is 88.2 Å². The summed E-state index contributed by atoms with van der Waals surface area (Å²) in [7, 11) is 0. The molecule has 0 aromatic carbocycles. The minimum atomic E-state index is 0. The topological polar surface area (TPSA) is 57.4 Å². The number of fused-ring (bicyclic) bond motifs is 1. The SMILES string of the molecule is Cl.Cl.Nc1ccnc2c1OCCO2. The fourth-order valence-corrected chi connectivity index (χ4v) is 0.973. The highest BCUT2D eigenvalue weighted by Crippen LogP contribution is 2.32. The molecule has 4 nitrogen and oxygen atoms in total. The van der Waals surface area contributed by atoms with E-state index in [9.17, 15) is 0 Å². The molecule has 1 aromatic heterocycles. The van der Waals surface area contributed by atoms with E-state index in [0.717, 1.165) is 0 Å². The maximum absolute atomic E-state index is 5.60. The highest BCUT2D eigenvalue weighted by Gasteiger charge is 2.14. The monoisotopic (exact) mass is 224 g/mol. The van der Waals surface area contributed by atoms with Gasteiger partial charge in [0.05, 0.1) is 5.69 Å². The van der Waals surface area contributed by atoms with Gasteiger partial charge >= 0.3 is 0 Å². The second-order valence-electron chi connectivity index (χ2n) is 2.23. The summed E-state index contributed by atoms with van der Waals surface area (Å²) in [6.07, 6.45) is 1.60. The Morgan fingerprint density at radius 1 is 1.23 bits per heavy atom. The van der Waals surface area contributed by atoms with Crippen LogP contribution < -0.4 is 15.2 Å². The molecule has 0 saturated carbocycles. The average Bonchev–Trinajstić information content (AvgIpc) is 2.06. The number of nitrogens with two attached hydrogens (primary N) is 1. The van der Waals surface area contributed by atoms with Crippen LogP contribution >= 0.6 is 24.8 Å². The van der Waals surface area contributed by atoms with Crippen molar-refractivity contribution in [3.05, 3.63) is 12.3 Å². The van der Waals surface area contributed by atoms with Crippen molar-refractivity contribution in [3.8, 4) is 11.6 Å². The number of nitrogen functional groups attached to an aromatic ring is 1. The molecular weight excluding hydrogens is 215 g/mol. The Morgan fingerprint density at radius 2 is 1.92 bits per heavy atom. The molecule has 0 atom stereocenters. The molecule has 0 amide bonds. The predicted molar refractivity (Wildman–Crippen MR) is 54.1 cm³/mol. The Bertz CT molecular complexity index is 283. The largest absolute Gasteiger partial charge is 0.483 e. The minimum absolute atomic E-state index is 0. The molecular formula is C7H10Cl2N2O2. The van der Waals surface area contributed by atoms with Gasteiger partial charge in [-0.15, -0.1) is 24.8 Å². The molecule has 1 aliphatic heterocycles. The van der Waals surface area contributed by atoms with Crippen molar-refractivity contribution in [2.24, 2.45) is 0 Å². The fourth-order valence-electron chi connectivity index (χ4n) is 0.973. The van der Waals surface area contributed by atoms with Crippen molar-refractivity contribution < 1.29 is 9.47 Å². The normalized spacial score (nSPS) is 12.3. The van der Waals surface area contributed by atoms with Gasteiger partial charge in [-0.25, -0.2) is 4.98 Å². The van der Waals surface area contributed by atoms with E-state index >= 15 is 0 Å². The molecule has 2 rings (SSSR count). The Morgan fingerprint density at radius 3 is 2.62 bits per heavy atom. The summed E-state index contributed by atoms with van der Waals surface area (Å²) in [6, 6.07) is 1.69. The number of hydrogen-bond donors (Lipinski definition) is 1. The number of rotatable bonds is 0. The van der Waals surface area contributed by atoms with Gasteiger partial charge in [0.1, 0.15) is 13.2 Å². The zero-order valence-electron chi connectivity index (χ0n) is 6.73. The number of pyridine rings is 1. The summed E-state index contributed by atoms with van der Waals surface area (Å²) in [5.41, 5.74) is 6.17. The van der Waals surface area contributed by atoms with Gasteiger partial charge in [-0.3, -0.25) is 0 Å². The van der Waals surface area contributed by atoms with Crippen molar-refractivity contribution in [1.29, 1.82) is 0 Å². The van der Waals surface area contributed by atoms with E-state index in [4.69, 9.17) is 15.2 Å². The highest BCUT2D eigenvalue weighted by atomic mass is 35.5. The maximum Gasteiger partial charge on any atom is 0.259 e. The summed E-state index contributed by atoms with van der Waals surface area (Å²) < 4.78 is 10.4. The Kier molecular flexibility index (Phi) is 4.66. The van der Waals surface area contributed by atoms with Gasteiger partial charge in [-0.05, 0) is 6.07 Å². The van der Waals surface area contributed by atoms with Gasteiger partial charge in [0.2, 0.25) is 5.75 Å². The molecule has 6 heteroatoms. The lowest BCUT2D eigenvalue weighted by Gasteiger charge is -2.17. The lowest BCUT2D eigenvalue weighted by Crippen LogP contribution is -2.17. The second kappa shape index (κ2) is 4.99. The first kappa shape index (κ1) is 12.1. The first-order valence-corrected chi connectivity index (χ1v) is 3.38. The summed E-state index contributed by atoms with van der Waals surface area (Å²) in [5.74, 6) is 1.06. The number of ether oxygens (including phenoxy) is 2. The van der Waals surface area contributed by atoms with E-state index in [-0.39, 0.29) is 24.8 Å². The van der Waals surface area contributed by atoms with Crippen LogP contribution in [-0.4, -0.2) is 18.2 Å². The Hall–Kier alpha value is -0.870. The van der Waals surface area contributed by atoms with Gasteiger partial charge in [0.25, 0.3) is 5.88 Å². The van der Waals surface area contributed by atoms with Crippen LogP contribution in [0.15, 0.2) is 12.3 Å². The Balaban J connectivity index is 0.000000720. The highest BCUT2D eigenvalue weighted by molar-refractivity contribution is 5.85. The van der Waals surface area contributed by atoms with Gasteiger partial charge in [-0.2, -0.15) is 0 Å². The van der Waals surface area contributed by atoms with Crippen LogP contribution in [-0.2, 0) is 0 Å². The molecule has 0 radical (unpaired) electrons. The van der Waals surface area contributed by atoms with Crippen molar-refractivity contribution in [2.45, 2.75) is 0 Å². The molecule has 0 fully saturated rings. The van der Waals surface area contributed by atoms with Crippen molar-refractivity contribution in [1.82, 2.24) is 4.98 Å². The van der Waals surface area contributed by atoms with E-state index in [0.29, 0.717) is 30.5 Å². The molecule has 74 valence electrons. The van der Waals surface area contributed by atoms with E-state index in [1.807, 2.05) is 0 Å². The zero-order chi connectivity index (χ0) is 7.68. The molecule has 1 aliphatic rings. The molecule has 0 aliphatic carbocycles. The van der Waals surface area contributed by atoms with E-state index in [1.54, 1.807) is 12.3 Å². The number of nitrogens with zero attached hydrogens (tertiary/aromatic N) is 1. The summed E-state index contributed by atoms with van der Waals surface area (Å²) in [5, 5.41) is 0. The number of aromatic nitrogens is 1. The van der Waals surface area contributed by atoms with Crippen LogP contribution in [0.5, 0.6) is 11.6 Å². The van der Waals surface area contributed by atoms with Gasteiger partial charge < -0.3 is 15.2 Å². The average molecular weight is 225 g/mol. The van der Waals surface area contributed by atoms with Crippen LogP contribution in [0.2, 0.25) is 0 Å². The first-order chi connectivity index (χ1) is 5.38. The predicted octanol–water partition coefficient (Wildman–Crippen LogP) is 1.28. The number of halogens is 2. The zero-order valence-corrected chi connectivity index (χ0v) is 8.36. The second-order valence-corrected chi connectivity index (χ2v) is 2.23. The van der Waals surface area contributed by atoms with Crippen LogP contribution in [0.25, 0.3) is 0 Å². The standard InChI is InChI=1S/C7H8N2O2.2ClH/c8-5-1-2-9-7-6(5)10-3-4-11-7;;/h1-2H,3-4H2,(H2,8,9);2*1H. The van der Waals surface area contributed by atoms with Crippen LogP contribution in [0.4, 0.5) is 5.69 Å². The fraction of sp³-hybridized carbons (Fsp3) is 0.286. The summed E-state index contributed by atoms with van der Waals surface area (Å²) in [6.45, 7) is 1.09. The third kappa shape index (κ3) is 2.29. The van der Waals surface area contributed by atoms with Crippen LogP contribution in [0.3, 0.4) is 0 Å². The molecule has 0 spiro atoms. The first-order valence-electron chi connectivity index (χ1n) is 3.38.